The number of benzene rings is 2. The number of nitrogens with zero attached hydrogens (tertiary/aromatic N) is 6. The van der Waals surface area contributed by atoms with Gasteiger partial charge >= 0.3 is 0 Å². The highest BCUT2D eigenvalue weighted by molar-refractivity contribution is 5.98. The summed E-state index contributed by atoms with van der Waals surface area (Å²) in [5, 5.41) is 7.72. The molecule has 4 aromatic rings. The van der Waals surface area contributed by atoms with E-state index in [1.54, 1.807) is 18.3 Å². The van der Waals surface area contributed by atoms with Crippen LogP contribution in [0.25, 0.3) is 28.1 Å². The van der Waals surface area contributed by atoms with Crippen molar-refractivity contribution in [1.29, 1.82) is 0 Å². The molecule has 0 bridgehead atoms. The molecule has 202 valence electrons. The Kier molecular flexibility index (Phi) is 7.60. The lowest BCUT2D eigenvalue weighted by Gasteiger charge is -2.30. The highest BCUT2D eigenvalue weighted by Gasteiger charge is 2.22. The molecule has 0 radical (unpaired) electrons. The molecule has 1 aliphatic rings. The quantitative estimate of drug-likeness (QED) is 0.261. The molecule has 11 heteroatoms. The number of halogens is 3. The van der Waals surface area contributed by atoms with Crippen molar-refractivity contribution in [3.8, 4) is 16.9 Å². The van der Waals surface area contributed by atoms with Gasteiger partial charge in [-0.3, -0.25) is 9.67 Å². The third-order valence-electron chi connectivity index (χ3n) is 6.74. The van der Waals surface area contributed by atoms with Gasteiger partial charge in [-0.2, -0.15) is 5.10 Å². The Bertz CT molecular complexity index is 1510. The molecule has 3 heterocycles. The summed E-state index contributed by atoms with van der Waals surface area (Å²) in [5.41, 5.74) is 2.68. The average molecular weight is 536 g/mol. The summed E-state index contributed by atoms with van der Waals surface area (Å²) in [6.45, 7) is 8.46. The first-order valence-corrected chi connectivity index (χ1v) is 12.5. The smallest absolute Gasteiger partial charge is 0.257 e. The zero-order chi connectivity index (χ0) is 27.5. The number of hydrogen-bond acceptors (Lipinski definition) is 7. The van der Waals surface area contributed by atoms with Gasteiger partial charge in [0.15, 0.2) is 5.82 Å². The molecule has 0 unspecified atom stereocenters. The number of alkyl halides is 2. The lowest BCUT2D eigenvalue weighted by atomic mass is 10.0. The number of fused-ring (bicyclic) bond motifs is 1. The van der Waals surface area contributed by atoms with Gasteiger partial charge in [0.25, 0.3) is 6.43 Å². The first-order valence-electron chi connectivity index (χ1n) is 12.5. The second-order valence-corrected chi connectivity index (χ2v) is 9.40. The van der Waals surface area contributed by atoms with Crippen molar-refractivity contribution >= 4 is 40.9 Å². The summed E-state index contributed by atoms with van der Waals surface area (Å²) < 4.78 is 48.8. The first kappa shape index (κ1) is 26.4. The lowest BCUT2D eigenvalue weighted by molar-refractivity contribution is 0.116. The maximum Gasteiger partial charge on any atom is 0.257 e. The van der Waals surface area contributed by atoms with Gasteiger partial charge in [-0.1, -0.05) is 12.7 Å². The van der Waals surface area contributed by atoms with Crippen molar-refractivity contribution in [3.05, 3.63) is 60.9 Å². The molecular formula is C28H28F3N7O. The Labute approximate surface area is 223 Å². The van der Waals surface area contributed by atoms with Crippen LogP contribution in [0.1, 0.15) is 18.4 Å². The van der Waals surface area contributed by atoms with E-state index in [-0.39, 0.29) is 17.4 Å². The van der Waals surface area contributed by atoms with E-state index in [9.17, 15) is 8.78 Å². The second-order valence-electron chi connectivity index (χ2n) is 9.40. The van der Waals surface area contributed by atoms with E-state index in [2.05, 4.69) is 50.6 Å². The Morgan fingerprint density at radius 3 is 2.72 bits per heavy atom. The van der Waals surface area contributed by atoms with Crippen molar-refractivity contribution in [2.75, 3.05) is 25.5 Å². The number of aliphatic imine (C=N–C) groups is 1. The highest BCUT2D eigenvalue weighted by atomic mass is 19.3. The van der Waals surface area contributed by atoms with Crippen LogP contribution in [0, 0.1) is 5.82 Å². The van der Waals surface area contributed by atoms with Crippen LogP contribution in [-0.4, -0.2) is 64.0 Å². The number of hydrogen-bond donors (Lipinski definition) is 1. The predicted molar refractivity (Wildman–Crippen MR) is 147 cm³/mol. The van der Waals surface area contributed by atoms with Gasteiger partial charge in [0.1, 0.15) is 30.5 Å². The van der Waals surface area contributed by atoms with Gasteiger partial charge in [-0.25, -0.2) is 23.1 Å². The fourth-order valence-electron chi connectivity index (χ4n) is 4.68. The standard InChI is InChI=1S/C28H28F3N7O/c1-4-20-21(32-2)5-6-22(27(20)31)36-28-26-23(33-16-34-28)11-17(18-13-35-38(14-18)15-25(29)30)12-24(26)39-19-7-9-37(3)10-8-19/h4-6,11-14,16,19,25H,1-2,7-10,15H2,3H3,(H,33,34,36). The van der Waals surface area contributed by atoms with Crippen LogP contribution >= 0.6 is 0 Å². The summed E-state index contributed by atoms with van der Waals surface area (Å²) in [5.74, 6) is 0.328. The van der Waals surface area contributed by atoms with Gasteiger partial charge in [0.05, 0.1) is 28.5 Å². The van der Waals surface area contributed by atoms with Gasteiger partial charge < -0.3 is 15.0 Å². The lowest BCUT2D eigenvalue weighted by Crippen LogP contribution is -2.35. The topological polar surface area (TPSA) is 80.5 Å². The van der Waals surface area contributed by atoms with Crippen LogP contribution in [0.5, 0.6) is 5.75 Å². The maximum atomic E-state index is 15.3. The van der Waals surface area contributed by atoms with Crippen LogP contribution in [0.3, 0.4) is 0 Å². The van der Waals surface area contributed by atoms with E-state index in [0.29, 0.717) is 39.3 Å². The molecule has 2 aromatic heterocycles. The largest absolute Gasteiger partial charge is 0.489 e. The summed E-state index contributed by atoms with van der Waals surface area (Å²) in [7, 11) is 2.07. The fourth-order valence-corrected chi connectivity index (χ4v) is 4.68. The molecule has 1 saturated heterocycles. The van der Waals surface area contributed by atoms with E-state index in [1.807, 2.05) is 12.1 Å². The average Bonchev–Trinajstić information content (AvgIpc) is 3.38. The highest BCUT2D eigenvalue weighted by Crippen LogP contribution is 2.38. The minimum atomic E-state index is -2.52. The molecule has 1 aliphatic heterocycles. The van der Waals surface area contributed by atoms with E-state index in [0.717, 1.165) is 25.9 Å². The Hall–Kier alpha value is -4.25. The molecule has 39 heavy (non-hydrogen) atoms. The zero-order valence-corrected chi connectivity index (χ0v) is 21.4. The maximum absolute atomic E-state index is 15.3. The minimum absolute atomic E-state index is 0.0451. The minimum Gasteiger partial charge on any atom is -0.489 e. The summed E-state index contributed by atoms with van der Waals surface area (Å²) in [6.07, 6.45) is 4.96. The van der Waals surface area contributed by atoms with E-state index >= 15 is 4.39 Å². The molecular weight excluding hydrogens is 507 g/mol. The monoisotopic (exact) mass is 535 g/mol. The van der Waals surface area contributed by atoms with E-state index in [4.69, 9.17) is 4.74 Å². The zero-order valence-electron chi connectivity index (χ0n) is 21.4. The Balaban J connectivity index is 1.59. The van der Waals surface area contributed by atoms with E-state index < -0.39 is 18.8 Å². The molecule has 1 N–H and O–H groups in total. The van der Waals surface area contributed by atoms with Crippen LogP contribution < -0.4 is 10.1 Å². The van der Waals surface area contributed by atoms with Crippen molar-refractivity contribution < 1.29 is 17.9 Å². The van der Waals surface area contributed by atoms with Crippen molar-refractivity contribution in [2.24, 2.45) is 4.99 Å². The molecule has 0 spiro atoms. The van der Waals surface area contributed by atoms with Crippen LogP contribution in [0.4, 0.5) is 30.4 Å². The Morgan fingerprint density at radius 1 is 1.21 bits per heavy atom. The number of piperidine rings is 1. The predicted octanol–water partition coefficient (Wildman–Crippen LogP) is 6.09. The fraction of sp³-hybridized carbons (Fsp3) is 0.286. The molecule has 0 atom stereocenters. The normalized spacial score (nSPS) is 14.6. The third kappa shape index (κ3) is 5.63. The van der Waals surface area contributed by atoms with Crippen molar-refractivity contribution in [3.63, 3.8) is 0 Å². The Morgan fingerprint density at radius 2 is 2.00 bits per heavy atom. The number of nitrogens with one attached hydrogen (secondary N) is 1. The van der Waals surface area contributed by atoms with Gasteiger partial charge in [0, 0.05) is 30.4 Å². The SMILES string of the molecule is C=Cc1c(N=C)ccc(Nc2ncnc3cc(-c4cnn(CC(F)F)c4)cc(OC4CCN(C)CC4)c23)c1F. The van der Waals surface area contributed by atoms with Crippen LogP contribution in [-0.2, 0) is 6.54 Å². The second kappa shape index (κ2) is 11.2. The molecule has 5 rings (SSSR count). The van der Waals surface area contributed by atoms with Crippen LogP contribution in [0.2, 0.25) is 0 Å². The number of rotatable bonds is 9. The molecule has 0 amide bonds. The summed E-state index contributed by atoms with van der Waals surface area (Å²) in [4.78, 5) is 15.0. The first-order chi connectivity index (χ1) is 18.9. The van der Waals surface area contributed by atoms with Gasteiger partial charge in [-0.15, -0.1) is 0 Å². The summed E-state index contributed by atoms with van der Waals surface area (Å²) >= 11 is 0. The summed E-state index contributed by atoms with van der Waals surface area (Å²) in [6, 6.07) is 6.84. The van der Waals surface area contributed by atoms with Crippen molar-refractivity contribution in [1.82, 2.24) is 24.6 Å². The molecule has 1 fully saturated rings. The number of ether oxygens (including phenoxy) is 1. The van der Waals surface area contributed by atoms with E-state index in [1.165, 1.54) is 23.3 Å². The van der Waals surface area contributed by atoms with Crippen LogP contribution in [0.15, 0.2) is 54.6 Å². The van der Waals surface area contributed by atoms with Crippen molar-refractivity contribution in [2.45, 2.75) is 31.9 Å². The molecule has 8 nitrogen and oxygen atoms in total. The number of likely N-dealkylation sites (tertiary alicyclic amines) is 1. The molecule has 2 aromatic carbocycles. The number of aromatic nitrogens is 4. The molecule has 0 saturated carbocycles. The number of anilines is 2. The van der Waals surface area contributed by atoms with Gasteiger partial charge in [-0.05, 0) is 56.4 Å². The molecule has 0 aliphatic carbocycles. The third-order valence-corrected chi connectivity index (χ3v) is 6.74. The van der Waals surface area contributed by atoms with Gasteiger partial charge in [0.2, 0.25) is 0 Å².